The van der Waals surface area contributed by atoms with Crippen LogP contribution in [0.2, 0.25) is 0 Å². The molecular weight excluding hydrogens is 262 g/mol. The molecule has 1 aromatic carbocycles. The van der Waals surface area contributed by atoms with Gasteiger partial charge in [-0.15, -0.1) is 0 Å². The largest absolute Gasteiger partial charge is 0.477 e. The number of benzene rings is 1. The highest BCUT2D eigenvalue weighted by Crippen LogP contribution is 2.08. The molecule has 0 saturated carbocycles. The van der Waals surface area contributed by atoms with Gasteiger partial charge in [-0.2, -0.15) is 0 Å². The van der Waals surface area contributed by atoms with Gasteiger partial charge in [-0.25, -0.2) is 9.59 Å². The summed E-state index contributed by atoms with van der Waals surface area (Å²) in [5, 5.41) is 11.5. The van der Waals surface area contributed by atoms with E-state index in [4.69, 9.17) is 5.11 Å². The first kappa shape index (κ1) is 15.4. The number of amides is 1. The number of methoxy groups -OCH3 is 1. The average molecular weight is 277 g/mol. The Balaban J connectivity index is 2.86. The molecular formula is C14H15NO5. The minimum absolute atomic E-state index is 0.172. The lowest BCUT2D eigenvalue weighted by Crippen LogP contribution is -2.30. The number of rotatable bonds is 5. The van der Waals surface area contributed by atoms with Crippen molar-refractivity contribution in [3.05, 3.63) is 47.0 Å². The second kappa shape index (κ2) is 7.08. The predicted octanol–water partition coefficient (Wildman–Crippen LogP) is 0.877. The number of aliphatic carboxylic acids is 1. The highest BCUT2D eigenvalue weighted by molar-refractivity contribution is 6.20. The van der Waals surface area contributed by atoms with Crippen LogP contribution in [0.4, 0.5) is 0 Å². The standard InChI is InChI=1S/C14H15NO5/c1-9(14(19)20-2)11(13(17)18)12(16)15-8-10-6-4-3-5-7-10/h3-7H,8H2,1-2H3,(H,15,16)(H,17,18). The van der Waals surface area contributed by atoms with Gasteiger partial charge in [0.2, 0.25) is 0 Å². The van der Waals surface area contributed by atoms with Crippen molar-refractivity contribution in [2.45, 2.75) is 13.5 Å². The lowest BCUT2D eigenvalue weighted by atomic mass is 10.1. The quantitative estimate of drug-likeness (QED) is 0.360. The third-order valence-electron chi connectivity index (χ3n) is 2.60. The summed E-state index contributed by atoms with van der Waals surface area (Å²) < 4.78 is 4.42. The molecule has 0 heterocycles. The van der Waals surface area contributed by atoms with E-state index in [9.17, 15) is 14.4 Å². The fraction of sp³-hybridized carbons (Fsp3) is 0.214. The molecule has 0 bridgehead atoms. The lowest BCUT2D eigenvalue weighted by molar-refractivity contribution is -0.139. The molecule has 106 valence electrons. The van der Waals surface area contributed by atoms with Gasteiger partial charge in [0, 0.05) is 6.54 Å². The van der Waals surface area contributed by atoms with Crippen molar-refractivity contribution in [1.82, 2.24) is 5.32 Å². The number of hydrogen-bond acceptors (Lipinski definition) is 4. The first-order valence-corrected chi connectivity index (χ1v) is 5.82. The van der Waals surface area contributed by atoms with Crippen molar-refractivity contribution in [3.63, 3.8) is 0 Å². The first-order valence-electron chi connectivity index (χ1n) is 5.82. The molecule has 0 radical (unpaired) electrons. The van der Waals surface area contributed by atoms with Gasteiger partial charge < -0.3 is 15.2 Å². The van der Waals surface area contributed by atoms with Crippen LogP contribution in [0.25, 0.3) is 0 Å². The lowest BCUT2D eigenvalue weighted by Gasteiger charge is -2.08. The number of nitrogens with one attached hydrogen (secondary N) is 1. The number of hydrogen-bond donors (Lipinski definition) is 2. The number of carbonyl (C=O) groups excluding carboxylic acids is 2. The van der Waals surface area contributed by atoms with E-state index in [-0.39, 0.29) is 12.1 Å². The Morgan fingerprint density at radius 1 is 1.20 bits per heavy atom. The fourth-order valence-electron chi connectivity index (χ4n) is 1.55. The third kappa shape index (κ3) is 3.94. The van der Waals surface area contributed by atoms with E-state index < -0.39 is 23.4 Å². The van der Waals surface area contributed by atoms with Crippen molar-refractivity contribution in [1.29, 1.82) is 0 Å². The summed E-state index contributed by atoms with van der Waals surface area (Å²) in [6.07, 6.45) is 0. The highest BCUT2D eigenvalue weighted by atomic mass is 16.5. The molecule has 0 aliphatic rings. The van der Waals surface area contributed by atoms with Crippen molar-refractivity contribution in [2.24, 2.45) is 0 Å². The zero-order valence-corrected chi connectivity index (χ0v) is 11.2. The summed E-state index contributed by atoms with van der Waals surface area (Å²) in [5.41, 5.74) is -0.0420. The second-order valence-electron chi connectivity index (χ2n) is 3.97. The highest BCUT2D eigenvalue weighted by Gasteiger charge is 2.24. The van der Waals surface area contributed by atoms with Crippen LogP contribution in [-0.4, -0.2) is 30.1 Å². The van der Waals surface area contributed by atoms with Crippen LogP contribution in [-0.2, 0) is 25.7 Å². The van der Waals surface area contributed by atoms with Crippen LogP contribution in [0.1, 0.15) is 12.5 Å². The molecule has 1 rings (SSSR count). The van der Waals surface area contributed by atoms with Gasteiger partial charge in [0.15, 0.2) is 0 Å². The van der Waals surface area contributed by atoms with E-state index in [1.165, 1.54) is 6.92 Å². The molecule has 1 amide bonds. The molecule has 2 N–H and O–H groups in total. The molecule has 0 unspecified atom stereocenters. The minimum Gasteiger partial charge on any atom is -0.477 e. The Labute approximate surface area is 116 Å². The maximum Gasteiger partial charge on any atom is 0.341 e. The molecule has 0 aromatic heterocycles. The molecule has 0 aliphatic carbocycles. The van der Waals surface area contributed by atoms with Crippen molar-refractivity contribution < 1.29 is 24.2 Å². The van der Waals surface area contributed by atoms with E-state index in [1.54, 1.807) is 24.3 Å². The van der Waals surface area contributed by atoms with E-state index in [0.717, 1.165) is 12.7 Å². The summed E-state index contributed by atoms with van der Waals surface area (Å²) in [7, 11) is 1.12. The summed E-state index contributed by atoms with van der Waals surface area (Å²) in [5.74, 6) is -3.15. The minimum atomic E-state index is -1.47. The average Bonchev–Trinajstić information content (AvgIpc) is 2.45. The zero-order chi connectivity index (χ0) is 15.1. The zero-order valence-electron chi connectivity index (χ0n) is 11.2. The van der Waals surface area contributed by atoms with E-state index in [1.807, 2.05) is 6.07 Å². The van der Waals surface area contributed by atoms with Crippen molar-refractivity contribution in [3.8, 4) is 0 Å². The Morgan fingerprint density at radius 3 is 2.30 bits per heavy atom. The van der Waals surface area contributed by atoms with Crippen LogP contribution < -0.4 is 5.32 Å². The summed E-state index contributed by atoms with van der Waals surface area (Å²) in [6.45, 7) is 1.41. The Bertz CT molecular complexity index is 548. The monoisotopic (exact) mass is 277 g/mol. The SMILES string of the molecule is COC(=O)C(C)=C(C(=O)O)C(=O)NCc1ccccc1. The molecule has 0 atom stereocenters. The van der Waals surface area contributed by atoms with Gasteiger partial charge in [-0.1, -0.05) is 30.3 Å². The van der Waals surface area contributed by atoms with Crippen LogP contribution in [0, 0.1) is 0 Å². The van der Waals surface area contributed by atoms with Crippen LogP contribution >= 0.6 is 0 Å². The molecule has 1 aromatic rings. The van der Waals surface area contributed by atoms with Crippen molar-refractivity contribution >= 4 is 17.8 Å². The Morgan fingerprint density at radius 2 is 1.80 bits per heavy atom. The number of carboxylic acid groups (broad SMARTS) is 1. The maximum atomic E-state index is 11.9. The maximum absolute atomic E-state index is 11.9. The molecule has 0 saturated heterocycles. The Hall–Kier alpha value is -2.63. The summed E-state index contributed by atoms with van der Waals surface area (Å²) >= 11 is 0. The molecule has 0 fully saturated rings. The Kier molecular flexibility index (Phi) is 5.46. The van der Waals surface area contributed by atoms with E-state index in [2.05, 4.69) is 10.1 Å². The normalized spacial score (nSPS) is 11.3. The molecule has 6 heteroatoms. The number of carboxylic acids is 1. The van der Waals surface area contributed by atoms with Gasteiger partial charge in [0.05, 0.1) is 12.7 Å². The number of carbonyl (C=O) groups is 3. The van der Waals surface area contributed by atoms with Gasteiger partial charge in [0.1, 0.15) is 5.57 Å². The van der Waals surface area contributed by atoms with Gasteiger partial charge >= 0.3 is 11.9 Å². The van der Waals surface area contributed by atoms with Crippen LogP contribution in [0.3, 0.4) is 0 Å². The third-order valence-corrected chi connectivity index (χ3v) is 2.60. The van der Waals surface area contributed by atoms with Gasteiger partial charge in [-0.05, 0) is 12.5 Å². The molecule has 6 nitrogen and oxygen atoms in total. The fourth-order valence-corrected chi connectivity index (χ4v) is 1.55. The molecule has 0 spiro atoms. The van der Waals surface area contributed by atoms with E-state index >= 15 is 0 Å². The van der Waals surface area contributed by atoms with Crippen LogP contribution in [0.15, 0.2) is 41.5 Å². The summed E-state index contributed by atoms with van der Waals surface area (Å²) in [6, 6.07) is 9.01. The van der Waals surface area contributed by atoms with E-state index in [0.29, 0.717) is 0 Å². The van der Waals surface area contributed by atoms with Crippen LogP contribution in [0.5, 0.6) is 0 Å². The van der Waals surface area contributed by atoms with Crippen molar-refractivity contribution in [2.75, 3.05) is 7.11 Å². The number of ether oxygens (including phenoxy) is 1. The molecule has 0 aliphatic heterocycles. The molecule has 20 heavy (non-hydrogen) atoms. The van der Waals surface area contributed by atoms with Gasteiger partial charge in [0.25, 0.3) is 5.91 Å². The smallest absolute Gasteiger partial charge is 0.341 e. The van der Waals surface area contributed by atoms with Gasteiger partial charge in [-0.3, -0.25) is 4.79 Å². The topological polar surface area (TPSA) is 92.7 Å². The number of esters is 1. The second-order valence-corrected chi connectivity index (χ2v) is 3.97. The predicted molar refractivity (Wildman–Crippen MR) is 70.6 cm³/mol. The summed E-state index contributed by atoms with van der Waals surface area (Å²) in [4.78, 5) is 34.3. The first-order chi connectivity index (χ1) is 9.47.